The quantitative estimate of drug-likeness (QED) is 0.766. The van der Waals surface area contributed by atoms with Gasteiger partial charge >= 0.3 is 0 Å². The van der Waals surface area contributed by atoms with E-state index in [0.717, 1.165) is 14.7 Å². The van der Waals surface area contributed by atoms with E-state index in [1.165, 1.54) is 16.5 Å². The molecule has 0 saturated heterocycles. The molecule has 90 valence electrons. The molecule has 1 heterocycles. The summed E-state index contributed by atoms with van der Waals surface area (Å²) in [5.74, 6) is 0.887. The van der Waals surface area contributed by atoms with Crippen LogP contribution in [0.25, 0.3) is 17.0 Å². The van der Waals surface area contributed by atoms with Gasteiger partial charge in [0.15, 0.2) is 0 Å². The molecule has 0 radical (unpaired) electrons. The number of nitrogens with zero attached hydrogens (tertiary/aromatic N) is 1. The van der Waals surface area contributed by atoms with Crippen molar-refractivity contribution in [2.24, 2.45) is 7.05 Å². The van der Waals surface area contributed by atoms with E-state index in [4.69, 9.17) is 4.74 Å². The lowest BCUT2D eigenvalue weighted by atomic mass is 10.1. The molecule has 4 heteroatoms. The van der Waals surface area contributed by atoms with Crippen molar-refractivity contribution in [1.82, 2.24) is 4.57 Å². The first kappa shape index (κ1) is 12.7. The fourth-order valence-corrected chi connectivity index (χ4v) is 2.60. The van der Waals surface area contributed by atoms with Gasteiger partial charge in [-0.25, -0.2) is 0 Å². The molecule has 0 spiro atoms. The largest absolute Gasteiger partial charge is 0.496 e. The van der Waals surface area contributed by atoms with Crippen LogP contribution in [-0.2, 0) is 7.05 Å². The molecule has 0 atom stereocenters. The zero-order valence-corrected chi connectivity index (χ0v) is 13.1. The molecular formula is C13H13Br2NO. The first-order valence-electron chi connectivity index (χ1n) is 5.20. The predicted octanol–water partition coefficient (Wildman–Crippen LogP) is 4.58. The molecule has 17 heavy (non-hydrogen) atoms. The van der Waals surface area contributed by atoms with Crippen molar-refractivity contribution in [3.63, 3.8) is 0 Å². The van der Waals surface area contributed by atoms with Gasteiger partial charge in [0.2, 0.25) is 0 Å². The van der Waals surface area contributed by atoms with Gasteiger partial charge in [0.05, 0.1) is 16.0 Å². The van der Waals surface area contributed by atoms with Crippen LogP contribution in [0.1, 0.15) is 11.1 Å². The number of aryl methyl sites for hydroxylation is 2. The van der Waals surface area contributed by atoms with Gasteiger partial charge < -0.3 is 9.30 Å². The molecule has 0 bridgehead atoms. The Bertz CT molecular complexity index is 595. The Kier molecular flexibility index (Phi) is 3.64. The summed E-state index contributed by atoms with van der Waals surface area (Å²) in [5, 5.41) is 1.20. The van der Waals surface area contributed by atoms with Gasteiger partial charge in [-0.15, -0.1) is 0 Å². The topological polar surface area (TPSA) is 14.2 Å². The van der Waals surface area contributed by atoms with Crippen molar-refractivity contribution in [3.8, 4) is 5.75 Å². The number of hydrogen-bond donors (Lipinski definition) is 0. The Labute approximate surface area is 118 Å². The second-order valence-corrected chi connectivity index (χ2v) is 6.71. The average molecular weight is 359 g/mol. The molecular weight excluding hydrogens is 346 g/mol. The van der Waals surface area contributed by atoms with Crippen LogP contribution in [-0.4, -0.2) is 11.7 Å². The third-order valence-electron chi connectivity index (χ3n) is 2.82. The van der Waals surface area contributed by atoms with Crippen molar-refractivity contribution < 1.29 is 4.74 Å². The molecule has 0 fully saturated rings. The molecule has 0 aliphatic heterocycles. The van der Waals surface area contributed by atoms with E-state index in [-0.39, 0.29) is 0 Å². The minimum atomic E-state index is 0.887. The summed E-state index contributed by atoms with van der Waals surface area (Å²) in [6.07, 6.45) is 4.08. The summed E-state index contributed by atoms with van der Waals surface area (Å²) in [6.45, 7) is 2.10. The highest BCUT2D eigenvalue weighted by molar-refractivity contribution is 9.28. The Balaban J connectivity index is 2.87. The number of benzene rings is 1. The van der Waals surface area contributed by atoms with Crippen molar-refractivity contribution in [2.45, 2.75) is 6.92 Å². The van der Waals surface area contributed by atoms with Gasteiger partial charge in [-0.05, 0) is 62.6 Å². The molecule has 1 aromatic heterocycles. The van der Waals surface area contributed by atoms with Crippen molar-refractivity contribution >= 4 is 48.8 Å². The molecule has 2 rings (SSSR count). The number of hydrogen-bond acceptors (Lipinski definition) is 1. The molecule has 0 N–H and O–H groups in total. The number of methoxy groups -OCH3 is 1. The first-order chi connectivity index (χ1) is 8.04. The van der Waals surface area contributed by atoms with Gasteiger partial charge in [0, 0.05) is 24.2 Å². The van der Waals surface area contributed by atoms with E-state index in [1.54, 1.807) is 7.11 Å². The minimum Gasteiger partial charge on any atom is -0.496 e. The van der Waals surface area contributed by atoms with Crippen molar-refractivity contribution in [3.05, 3.63) is 32.8 Å². The highest BCUT2D eigenvalue weighted by Gasteiger charge is 2.11. The molecule has 2 aromatic rings. The Morgan fingerprint density at radius 1 is 1.41 bits per heavy atom. The van der Waals surface area contributed by atoms with Crippen LogP contribution in [0.3, 0.4) is 0 Å². The summed E-state index contributed by atoms with van der Waals surface area (Å²) in [7, 11) is 3.75. The second-order valence-electron chi connectivity index (χ2n) is 3.93. The summed E-state index contributed by atoms with van der Waals surface area (Å²) in [6, 6.07) is 4.18. The van der Waals surface area contributed by atoms with Crippen molar-refractivity contribution in [2.75, 3.05) is 7.11 Å². The van der Waals surface area contributed by atoms with Gasteiger partial charge in [-0.3, -0.25) is 0 Å². The average Bonchev–Trinajstić information content (AvgIpc) is 2.64. The van der Waals surface area contributed by atoms with Crippen LogP contribution in [0.4, 0.5) is 0 Å². The first-order valence-corrected chi connectivity index (χ1v) is 6.78. The maximum absolute atomic E-state index is 5.45. The van der Waals surface area contributed by atoms with Crippen LogP contribution in [0.15, 0.2) is 21.7 Å². The fourth-order valence-electron chi connectivity index (χ4n) is 2.14. The number of fused-ring (bicyclic) bond motifs is 1. The molecule has 0 aliphatic rings. The Morgan fingerprint density at radius 3 is 2.71 bits per heavy atom. The lowest BCUT2D eigenvalue weighted by molar-refractivity contribution is 0.414. The molecule has 0 amide bonds. The van der Waals surface area contributed by atoms with Crippen LogP contribution < -0.4 is 4.74 Å². The van der Waals surface area contributed by atoms with E-state index < -0.39 is 0 Å². The fraction of sp³-hybridized carbons (Fsp3) is 0.231. The monoisotopic (exact) mass is 357 g/mol. The summed E-state index contributed by atoms with van der Waals surface area (Å²) < 4.78 is 8.48. The summed E-state index contributed by atoms with van der Waals surface area (Å²) in [5.41, 5.74) is 3.53. The molecule has 0 saturated carbocycles. The maximum Gasteiger partial charge on any atom is 0.127 e. The molecule has 1 aromatic carbocycles. The van der Waals surface area contributed by atoms with Crippen LogP contribution >= 0.6 is 31.9 Å². The third kappa shape index (κ3) is 2.29. The van der Waals surface area contributed by atoms with Crippen molar-refractivity contribution in [1.29, 1.82) is 0 Å². The Hall–Kier alpha value is -0.740. The maximum atomic E-state index is 5.45. The van der Waals surface area contributed by atoms with Gasteiger partial charge in [0.25, 0.3) is 0 Å². The molecule has 0 unspecified atom stereocenters. The highest BCUT2D eigenvalue weighted by atomic mass is 79.9. The van der Waals surface area contributed by atoms with E-state index in [2.05, 4.69) is 68.7 Å². The van der Waals surface area contributed by atoms with Gasteiger partial charge in [-0.2, -0.15) is 0 Å². The molecule has 0 aliphatic carbocycles. The molecule has 2 nitrogen and oxygen atoms in total. The van der Waals surface area contributed by atoms with Gasteiger partial charge in [-0.1, -0.05) is 0 Å². The number of rotatable bonds is 2. The van der Waals surface area contributed by atoms with E-state index in [0.29, 0.717) is 0 Å². The van der Waals surface area contributed by atoms with Crippen LogP contribution in [0, 0.1) is 6.92 Å². The smallest absolute Gasteiger partial charge is 0.127 e. The van der Waals surface area contributed by atoms with Crippen LogP contribution in [0.5, 0.6) is 5.75 Å². The minimum absolute atomic E-state index is 0.887. The second kappa shape index (κ2) is 4.86. The zero-order chi connectivity index (χ0) is 12.6. The van der Waals surface area contributed by atoms with E-state index in [1.807, 2.05) is 6.08 Å². The van der Waals surface area contributed by atoms with E-state index >= 15 is 0 Å². The zero-order valence-electron chi connectivity index (χ0n) is 9.92. The number of aromatic nitrogens is 1. The summed E-state index contributed by atoms with van der Waals surface area (Å²) in [4.78, 5) is 0. The summed E-state index contributed by atoms with van der Waals surface area (Å²) >= 11 is 6.80. The number of ether oxygens (including phenoxy) is 1. The lowest BCUT2D eigenvalue weighted by Crippen LogP contribution is -1.93. The standard InChI is InChI=1S/C13H13Br2NO/c1-8-6-11(17-3)10(7-12(14)15)9-4-5-16(2)13(8)9/h4-7H,1-3H3. The lowest BCUT2D eigenvalue weighted by Gasteiger charge is -2.10. The normalized spacial score (nSPS) is 10.6. The van der Waals surface area contributed by atoms with Gasteiger partial charge in [0.1, 0.15) is 5.75 Å². The predicted molar refractivity (Wildman–Crippen MR) is 80.0 cm³/mol. The van der Waals surface area contributed by atoms with Crippen LogP contribution in [0.2, 0.25) is 0 Å². The number of halogens is 2. The third-order valence-corrected chi connectivity index (χ3v) is 3.28. The highest BCUT2D eigenvalue weighted by Crippen LogP contribution is 2.34. The van der Waals surface area contributed by atoms with E-state index in [9.17, 15) is 0 Å². The SMILES string of the molecule is COc1cc(C)c2c(ccn2C)c1C=C(Br)Br. The Morgan fingerprint density at radius 2 is 2.12 bits per heavy atom.